The Labute approximate surface area is 105 Å². The van der Waals surface area contributed by atoms with Gasteiger partial charge in [-0.15, -0.1) is 0 Å². The van der Waals surface area contributed by atoms with Crippen LogP contribution in [-0.2, 0) is 6.42 Å². The first-order valence-corrected chi connectivity index (χ1v) is 6.24. The maximum atomic E-state index is 5.22. The van der Waals surface area contributed by atoms with Gasteiger partial charge in [0.2, 0.25) is 11.7 Å². The molecular formula is C12H15N5O. The minimum atomic E-state index is 0.512. The first-order valence-electron chi connectivity index (χ1n) is 6.24. The van der Waals surface area contributed by atoms with Crippen molar-refractivity contribution in [1.29, 1.82) is 0 Å². The SMILES string of the molecule is c1cnc(-c2noc(CCC3CCCN3)n2)cn1. The van der Waals surface area contributed by atoms with E-state index in [1.54, 1.807) is 18.6 Å². The third kappa shape index (κ3) is 2.53. The molecule has 1 aliphatic rings. The van der Waals surface area contributed by atoms with Gasteiger partial charge in [-0.25, -0.2) is 4.98 Å². The number of aromatic nitrogens is 4. The monoisotopic (exact) mass is 245 g/mol. The van der Waals surface area contributed by atoms with Gasteiger partial charge in [-0.05, 0) is 25.8 Å². The van der Waals surface area contributed by atoms with E-state index >= 15 is 0 Å². The first-order chi connectivity index (χ1) is 8.92. The molecule has 1 N–H and O–H groups in total. The van der Waals surface area contributed by atoms with E-state index in [0.29, 0.717) is 23.5 Å². The van der Waals surface area contributed by atoms with Crippen LogP contribution in [0, 0.1) is 0 Å². The van der Waals surface area contributed by atoms with Crippen molar-refractivity contribution < 1.29 is 4.52 Å². The van der Waals surface area contributed by atoms with Crippen molar-refractivity contribution in [3.63, 3.8) is 0 Å². The Hall–Kier alpha value is -1.82. The van der Waals surface area contributed by atoms with Crippen molar-refractivity contribution in [2.24, 2.45) is 0 Å². The maximum absolute atomic E-state index is 5.22. The zero-order chi connectivity index (χ0) is 12.2. The molecule has 3 heterocycles. The van der Waals surface area contributed by atoms with Gasteiger partial charge in [0, 0.05) is 24.9 Å². The van der Waals surface area contributed by atoms with Gasteiger partial charge in [0.15, 0.2) is 0 Å². The molecule has 6 nitrogen and oxygen atoms in total. The highest BCUT2D eigenvalue weighted by Crippen LogP contribution is 2.14. The summed E-state index contributed by atoms with van der Waals surface area (Å²) >= 11 is 0. The van der Waals surface area contributed by atoms with Crippen LogP contribution in [0.2, 0.25) is 0 Å². The lowest BCUT2D eigenvalue weighted by Crippen LogP contribution is -2.21. The molecule has 6 heteroatoms. The number of hydrogen-bond donors (Lipinski definition) is 1. The summed E-state index contributed by atoms with van der Waals surface area (Å²) in [5.74, 6) is 1.18. The Balaban J connectivity index is 1.63. The molecule has 0 saturated carbocycles. The molecule has 1 saturated heterocycles. The molecule has 0 spiro atoms. The van der Waals surface area contributed by atoms with Crippen LogP contribution in [0.3, 0.4) is 0 Å². The number of nitrogens with one attached hydrogen (secondary N) is 1. The van der Waals surface area contributed by atoms with Crippen LogP contribution >= 0.6 is 0 Å². The topological polar surface area (TPSA) is 76.7 Å². The van der Waals surface area contributed by atoms with Crippen molar-refractivity contribution >= 4 is 0 Å². The highest BCUT2D eigenvalue weighted by atomic mass is 16.5. The van der Waals surface area contributed by atoms with E-state index in [9.17, 15) is 0 Å². The van der Waals surface area contributed by atoms with E-state index in [1.165, 1.54) is 12.8 Å². The standard InChI is InChI=1S/C12H15N5O/c1-2-9(14-5-1)3-4-11-16-12(17-18-11)10-8-13-6-7-15-10/h6-9,14H,1-5H2. The average molecular weight is 245 g/mol. The summed E-state index contributed by atoms with van der Waals surface area (Å²) in [4.78, 5) is 12.5. The van der Waals surface area contributed by atoms with E-state index in [1.807, 2.05) is 0 Å². The van der Waals surface area contributed by atoms with E-state index < -0.39 is 0 Å². The number of hydrogen-bond acceptors (Lipinski definition) is 6. The second-order valence-corrected chi connectivity index (χ2v) is 4.43. The summed E-state index contributed by atoms with van der Waals surface area (Å²) in [6, 6.07) is 0.594. The number of nitrogens with zero attached hydrogens (tertiary/aromatic N) is 4. The molecule has 0 bridgehead atoms. The fraction of sp³-hybridized carbons (Fsp3) is 0.500. The van der Waals surface area contributed by atoms with Gasteiger partial charge in [-0.2, -0.15) is 4.98 Å². The summed E-state index contributed by atoms with van der Waals surface area (Å²) in [6.45, 7) is 1.12. The highest BCUT2D eigenvalue weighted by molar-refractivity contribution is 5.45. The average Bonchev–Trinajstić information content (AvgIpc) is 3.09. The van der Waals surface area contributed by atoms with Crippen LogP contribution in [0.15, 0.2) is 23.1 Å². The van der Waals surface area contributed by atoms with E-state index in [4.69, 9.17) is 4.52 Å². The minimum Gasteiger partial charge on any atom is -0.339 e. The van der Waals surface area contributed by atoms with E-state index in [0.717, 1.165) is 19.4 Å². The third-order valence-corrected chi connectivity index (χ3v) is 3.13. The molecule has 1 atom stereocenters. The lowest BCUT2D eigenvalue weighted by atomic mass is 10.1. The first kappa shape index (κ1) is 11.3. The quantitative estimate of drug-likeness (QED) is 0.872. The van der Waals surface area contributed by atoms with Gasteiger partial charge in [0.1, 0.15) is 5.69 Å². The number of rotatable bonds is 4. The molecule has 18 heavy (non-hydrogen) atoms. The van der Waals surface area contributed by atoms with Gasteiger partial charge < -0.3 is 9.84 Å². The van der Waals surface area contributed by atoms with Crippen LogP contribution in [0.25, 0.3) is 11.5 Å². The van der Waals surface area contributed by atoms with Crippen LogP contribution < -0.4 is 5.32 Å². The second kappa shape index (κ2) is 5.22. The molecule has 3 rings (SSSR count). The Morgan fingerprint density at radius 3 is 3.17 bits per heavy atom. The molecule has 2 aromatic heterocycles. The molecule has 0 aliphatic carbocycles. The van der Waals surface area contributed by atoms with Crippen molar-refractivity contribution in [3.8, 4) is 11.5 Å². The van der Waals surface area contributed by atoms with Crippen molar-refractivity contribution in [1.82, 2.24) is 25.4 Å². The molecule has 1 aliphatic heterocycles. The summed E-state index contributed by atoms with van der Waals surface area (Å²) < 4.78 is 5.22. The van der Waals surface area contributed by atoms with Crippen LogP contribution in [0.4, 0.5) is 0 Å². The van der Waals surface area contributed by atoms with Gasteiger partial charge in [0.25, 0.3) is 0 Å². The Morgan fingerprint density at radius 1 is 1.39 bits per heavy atom. The zero-order valence-corrected chi connectivity index (χ0v) is 10.0. The van der Waals surface area contributed by atoms with E-state index in [2.05, 4.69) is 25.4 Å². The summed E-state index contributed by atoms with van der Waals surface area (Å²) in [7, 11) is 0. The molecule has 0 radical (unpaired) electrons. The lowest BCUT2D eigenvalue weighted by molar-refractivity contribution is 0.368. The zero-order valence-electron chi connectivity index (χ0n) is 10.0. The molecule has 0 amide bonds. The van der Waals surface area contributed by atoms with Crippen LogP contribution in [0.1, 0.15) is 25.2 Å². The maximum Gasteiger partial charge on any atom is 0.227 e. The molecule has 2 aromatic rings. The number of aryl methyl sites for hydroxylation is 1. The van der Waals surface area contributed by atoms with Crippen LogP contribution in [-0.4, -0.2) is 32.7 Å². The normalized spacial score (nSPS) is 19.2. The molecule has 0 aromatic carbocycles. The van der Waals surface area contributed by atoms with Gasteiger partial charge >= 0.3 is 0 Å². The Morgan fingerprint density at radius 2 is 2.39 bits per heavy atom. The molecule has 1 unspecified atom stereocenters. The Bertz CT molecular complexity index is 492. The smallest absolute Gasteiger partial charge is 0.227 e. The predicted molar refractivity (Wildman–Crippen MR) is 64.7 cm³/mol. The van der Waals surface area contributed by atoms with Gasteiger partial charge in [-0.3, -0.25) is 4.98 Å². The third-order valence-electron chi connectivity index (χ3n) is 3.13. The van der Waals surface area contributed by atoms with Gasteiger partial charge in [0.05, 0.1) is 6.20 Å². The van der Waals surface area contributed by atoms with E-state index in [-0.39, 0.29) is 0 Å². The second-order valence-electron chi connectivity index (χ2n) is 4.43. The Kier molecular flexibility index (Phi) is 3.27. The fourth-order valence-corrected chi connectivity index (χ4v) is 2.18. The molecular weight excluding hydrogens is 230 g/mol. The van der Waals surface area contributed by atoms with Gasteiger partial charge in [-0.1, -0.05) is 5.16 Å². The lowest BCUT2D eigenvalue weighted by Gasteiger charge is -2.06. The van der Waals surface area contributed by atoms with Crippen molar-refractivity contribution in [2.45, 2.75) is 31.7 Å². The van der Waals surface area contributed by atoms with Crippen LogP contribution in [0.5, 0.6) is 0 Å². The minimum absolute atomic E-state index is 0.512. The fourth-order valence-electron chi connectivity index (χ4n) is 2.18. The predicted octanol–water partition coefficient (Wildman–Crippen LogP) is 1.21. The summed E-state index contributed by atoms with van der Waals surface area (Å²) in [5, 5.41) is 7.38. The molecule has 94 valence electrons. The largest absolute Gasteiger partial charge is 0.339 e. The summed E-state index contributed by atoms with van der Waals surface area (Å²) in [5.41, 5.74) is 0.645. The van der Waals surface area contributed by atoms with Crippen molar-refractivity contribution in [3.05, 3.63) is 24.5 Å². The van der Waals surface area contributed by atoms with Crippen molar-refractivity contribution in [2.75, 3.05) is 6.54 Å². The summed E-state index contributed by atoms with van der Waals surface area (Å²) in [6.07, 6.45) is 9.23. The highest BCUT2D eigenvalue weighted by Gasteiger charge is 2.16. The molecule has 1 fully saturated rings.